The van der Waals surface area contributed by atoms with Crippen molar-refractivity contribution in [2.45, 2.75) is 16.7 Å². The Morgan fingerprint density at radius 1 is 0.844 bits per heavy atom. The number of hydrogen-bond donors (Lipinski definition) is 4. The Balaban J connectivity index is 0.000000423. The number of hydrogen-bond acceptors (Lipinski definition) is 6. The molecule has 1 heterocycles. The molecule has 0 spiro atoms. The lowest BCUT2D eigenvalue weighted by Gasteiger charge is -2.41. The number of halogens is 6. The molecular weight excluding hydrogens is 671 g/mol. The standard InChI is InChI=1S/C20H16ClF5N4O3S.C7H8O3S/c1-27-19(31)17-11-15(8-9-28-17)33-14-5-2-12(3-6-14)29-20(32)30-13-4-7-16(21)18(10-13)34(22,23,24,25)26;1-6-2-4-7(5-3-6)11(8,9)10/h2-11H,1H3,(H,27,31)(H2,29,30,32);2-5H,1H3,(H,8,9,10). The summed E-state index contributed by atoms with van der Waals surface area (Å²) in [6, 6.07) is 15.4. The highest BCUT2D eigenvalue weighted by Crippen LogP contribution is 3.02. The molecule has 0 atom stereocenters. The number of carbonyl (C=O) groups is 2. The number of pyridine rings is 1. The van der Waals surface area contributed by atoms with E-state index in [1.54, 1.807) is 12.1 Å². The Morgan fingerprint density at radius 3 is 1.98 bits per heavy atom. The lowest BCUT2D eigenvalue weighted by atomic mass is 10.2. The highest BCUT2D eigenvalue weighted by molar-refractivity contribution is 8.45. The maximum atomic E-state index is 13.1. The average molecular weight is 695 g/mol. The van der Waals surface area contributed by atoms with E-state index in [1.807, 2.05) is 12.2 Å². The summed E-state index contributed by atoms with van der Waals surface area (Å²) in [6.07, 6.45) is 1.39. The highest BCUT2D eigenvalue weighted by Gasteiger charge is 2.66. The van der Waals surface area contributed by atoms with E-state index in [2.05, 4.69) is 15.6 Å². The second-order valence-electron chi connectivity index (χ2n) is 9.06. The first kappa shape index (κ1) is 35.0. The molecule has 0 unspecified atom stereocenters. The van der Waals surface area contributed by atoms with Gasteiger partial charge in [0.15, 0.2) is 0 Å². The summed E-state index contributed by atoms with van der Waals surface area (Å²) in [5.74, 6) is 0.275. The van der Waals surface area contributed by atoms with Gasteiger partial charge in [-0.25, -0.2) is 4.79 Å². The van der Waals surface area contributed by atoms with Crippen LogP contribution >= 0.6 is 21.8 Å². The second-order valence-corrected chi connectivity index (χ2v) is 13.3. The number of amides is 3. The average Bonchev–Trinajstić information content (AvgIpc) is 2.93. The predicted molar refractivity (Wildman–Crippen MR) is 161 cm³/mol. The van der Waals surface area contributed by atoms with Crippen LogP contribution in [0.2, 0.25) is 5.02 Å². The van der Waals surface area contributed by atoms with Crippen LogP contribution in [-0.4, -0.2) is 36.9 Å². The van der Waals surface area contributed by atoms with Crippen LogP contribution in [-0.2, 0) is 10.1 Å². The third-order valence-corrected chi connectivity index (χ3v) is 7.94. The normalized spacial score (nSPS) is 12.8. The van der Waals surface area contributed by atoms with Gasteiger partial charge in [0.05, 0.1) is 9.92 Å². The van der Waals surface area contributed by atoms with Crippen LogP contribution in [0.5, 0.6) is 11.5 Å². The van der Waals surface area contributed by atoms with Crippen molar-refractivity contribution in [1.29, 1.82) is 0 Å². The van der Waals surface area contributed by atoms with Crippen molar-refractivity contribution >= 4 is 55.3 Å². The molecule has 4 N–H and O–H groups in total. The molecule has 0 aliphatic heterocycles. The molecule has 0 aliphatic rings. The number of aromatic nitrogens is 1. The number of rotatable bonds is 7. The van der Waals surface area contributed by atoms with Crippen LogP contribution in [0, 0.1) is 6.92 Å². The minimum Gasteiger partial charge on any atom is -0.457 e. The van der Waals surface area contributed by atoms with Crippen LogP contribution in [0.1, 0.15) is 16.1 Å². The van der Waals surface area contributed by atoms with Gasteiger partial charge in [0.25, 0.3) is 16.0 Å². The molecule has 45 heavy (non-hydrogen) atoms. The van der Waals surface area contributed by atoms with Gasteiger partial charge in [-0.2, -0.15) is 8.42 Å². The fourth-order valence-electron chi connectivity index (χ4n) is 3.35. The van der Waals surface area contributed by atoms with Gasteiger partial charge in [-0.3, -0.25) is 14.3 Å². The Labute approximate surface area is 259 Å². The van der Waals surface area contributed by atoms with Crippen molar-refractivity contribution in [1.82, 2.24) is 10.3 Å². The van der Waals surface area contributed by atoms with E-state index in [4.69, 9.17) is 20.9 Å². The fourth-order valence-corrected chi connectivity index (χ4v) is 5.17. The first-order valence-corrected chi connectivity index (χ1v) is 16.0. The van der Waals surface area contributed by atoms with Gasteiger partial charge < -0.3 is 20.7 Å². The second kappa shape index (κ2) is 12.5. The number of nitrogens with zero attached hydrogens (tertiary/aromatic N) is 1. The van der Waals surface area contributed by atoms with Gasteiger partial charge in [-0.1, -0.05) is 48.7 Å². The van der Waals surface area contributed by atoms with E-state index in [0.29, 0.717) is 17.6 Å². The molecule has 0 radical (unpaired) electrons. The molecule has 10 nitrogen and oxygen atoms in total. The molecule has 242 valence electrons. The van der Waals surface area contributed by atoms with E-state index in [-0.39, 0.29) is 22.3 Å². The van der Waals surface area contributed by atoms with Crippen LogP contribution in [0.25, 0.3) is 0 Å². The van der Waals surface area contributed by atoms with Gasteiger partial charge in [-0.05, 0) is 67.6 Å². The summed E-state index contributed by atoms with van der Waals surface area (Å²) in [4.78, 5) is 25.3. The van der Waals surface area contributed by atoms with Crippen LogP contribution < -0.4 is 20.7 Å². The summed E-state index contributed by atoms with van der Waals surface area (Å²) >= 11 is 5.30. The molecular formula is C27H24ClF5N4O6S2. The number of ether oxygens (including phenoxy) is 1. The highest BCUT2D eigenvalue weighted by atomic mass is 35.5. The van der Waals surface area contributed by atoms with E-state index in [0.717, 1.165) is 11.6 Å². The van der Waals surface area contributed by atoms with E-state index in [1.165, 1.54) is 61.8 Å². The van der Waals surface area contributed by atoms with Crippen molar-refractivity contribution in [3.8, 4) is 11.5 Å². The molecule has 0 bridgehead atoms. The third-order valence-electron chi connectivity index (χ3n) is 5.46. The molecule has 1 aromatic heterocycles. The maximum absolute atomic E-state index is 13.1. The van der Waals surface area contributed by atoms with Gasteiger partial charge in [-0.15, -0.1) is 0 Å². The SMILES string of the molecule is CNC(=O)c1cc(Oc2ccc(NC(=O)Nc3ccc(Cl)c(S(F)(F)(F)(F)F)c3)cc2)ccn1.Cc1ccc(S(=O)(=O)O)cc1. The quantitative estimate of drug-likeness (QED) is 0.112. The summed E-state index contributed by atoms with van der Waals surface area (Å²) in [5.41, 5.74) is 0.796. The van der Waals surface area contributed by atoms with Crippen molar-refractivity contribution < 1.29 is 46.7 Å². The van der Waals surface area contributed by atoms with Crippen molar-refractivity contribution in [3.05, 3.63) is 101 Å². The smallest absolute Gasteiger partial charge is 0.323 e. The number of anilines is 2. The molecule has 18 heteroatoms. The number of carbonyl (C=O) groups excluding carboxylic acids is 2. The molecule has 0 saturated heterocycles. The van der Waals surface area contributed by atoms with Crippen LogP contribution in [0.4, 0.5) is 35.6 Å². The predicted octanol–water partition coefficient (Wildman–Crippen LogP) is 8.43. The summed E-state index contributed by atoms with van der Waals surface area (Å²) in [7, 11) is -12.6. The Bertz CT molecular complexity index is 1830. The van der Waals surface area contributed by atoms with Gasteiger partial charge in [0.1, 0.15) is 22.1 Å². The Morgan fingerprint density at radius 2 is 1.42 bits per heavy atom. The van der Waals surface area contributed by atoms with Gasteiger partial charge in [0, 0.05) is 30.7 Å². The number of benzene rings is 3. The monoisotopic (exact) mass is 694 g/mol. The minimum atomic E-state index is -10.0. The molecule has 0 saturated carbocycles. The van der Waals surface area contributed by atoms with Crippen molar-refractivity contribution in [2.75, 3.05) is 17.7 Å². The van der Waals surface area contributed by atoms with Crippen molar-refractivity contribution in [2.24, 2.45) is 0 Å². The van der Waals surface area contributed by atoms with E-state index >= 15 is 0 Å². The molecule has 0 fully saturated rings. The number of nitrogens with one attached hydrogen (secondary N) is 3. The zero-order chi connectivity index (χ0) is 33.7. The molecule has 4 aromatic rings. The van der Waals surface area contributed by atoms with Crippen LogP contribution in [0.3, 0.4) is 0 Å². The lowest BCUT2D eigenvalue weighted by Crippen LogP contribution is -2.19. The fraction of sp³-hybridized carbons (Fsp3) is 0.0741. The zero-order valence-electron chi connectivity index (χ0n) is 23.1. The summed E-state index contributed by atoms with van der Waals surface area (Å²) in [6.45, 7) is 1.84. The largest absolute Gasteiger partial charge is 0.457 e. The third kappa shape index (κ3) is 10.6. The summed E-state index contributed by atoms with van der Waals surface area (Å²) < 4.78 is 101. The van der Waals surface area contributed by atoms with E-state index < -0.39 is 47.9 Å². The maximum Gasteiger partial charge on any atom is 0.323 e. The first-order valence-electron chi connectivity index (χ1n) is 12.3. The van der Waals surface area contributed by atoms with Gasteiger partial charge >= 0.3 is 16.3 Å². The number of aryl methyl sites for hydroxylation is 1. The summed E-state index contributed by atoms with van der Waals surface area (Å²) in [5, 5.41) is 5.63. The van der Waals surface area contributed by atoms with E-state index in [9.17, 15) is 37.4 Å². The topological polar surface area (TPSA) is 147 Å². The zero-order valence-corrected chi connectivity index (χ0v) is 25.5. The molecule has 3 amide bonds. The number of urea groups is 1. The first-order chi connectivity index (χ1) is 20.6. The minimum absolute atomic E-state index is 0.0666. The molecule has 4 rings (SSSR count). The van der Waals surface area contributed by atoms with Gasteiger partial charge in [0.2, 0.25) is 0 Å². The lowest BCUT2D eigenvalue weighted by molar-refractivity contribution is 0.0957. The van der Waals surface area contributed by atoms with Crippen molar-refractivity contribution in [3.63, 3.8) is 0 Å². The molecule has 3 aromatic carbocycles. The Hall–Kier alpha value is -4.45. The Kier molecular flexibility index (Phi) is 9.74. The van der Waals surface area contributed by atoms with Crippen LogP contribution in [0.15, 0.2) is 94.9 Å². The molecule has 0 aliphatic carbocycles.